The summed E-state index contributed by atoms with van der Waals surface area (Å²) in [5.41, 5.74) is 1.40. The molecule has 0 heterocycles. The summed E-state index contributed by atoms with van der Waals surface area (Å²) in [7, 11) is 0. The molecular weight excluding hydrogens is 404 g/mol. The van der Waals surface area contributed by atoms with E-state index in [0.717, 1.165) is 36.3 Å². The van der Waals surface area contributed by atoms with Crippen LogP contribution in [0.3, 0.4) is 0 Å². The van der Waals surface area contributed by atoms with Gasteiger partial charge in [-0.25, -0.2) is 4.79 Å². The SMILES string of the molecule is CCCCNC[C@@H](O)[C@H](Cc1ccc(OCc2ccccc2)cc1)N(C(=O)O)C(C)(C)C. The third-order valence-electron chi connectivity index (χ3n) is 5.38. The maximum Gasteiger partial charge on any atom is 0.408 e. The molecule has 6 nitrogen and oxygen atoms in total. The Kier molecular flexibility index (Phi) is 10.0. The van der Waals surface area contributed by atoms with Crippen molar-refractivity contribution in [2.24, 2.45) is 0 Å². The molecule has 1 amide bonds. The molecule has 0 aromatic heterocycles. The van der Waals surface area contributed by atoms with Crippen molar-refractivity contribution >= 4 is 6.09 Å². The summed E-state index contributed by atoms with van der Waals surface area (Å²) >= 11 is 0. The van der Waals surface area contributed by atoms with Crippen LogP contribution in [0.25, 0.3) is 0 Å². The van der Waals surface area contributed by atoms with Crippen molar-refractivity contribution in [1.82, 2.24) is 10.2 Å². The van der Waals surface area contributed by atoms with E-state index < -0.39 is 23.8 Å². The first-order valence-electron chi connectivity index (χ1n) is 11.4. The van der Waals surface area contributed by atoms with Crippen LogP contribution in [-0.2, 0) is 13.0 Å². The number of ether oxygens (including phenoxy) is 1. The Bertz CT molecular complexity index is 803. The van der Waals surface area contributed by atoms with Gasteiger partial charge in [-0.3, -0.25) is 4.90 Å². The monoisotopic (exact) mass is 442 g/mol. The number of carbonyl (C=O) groups is 1. The molecule has 0 aliphatic rings. The number of carboxylic acid groups (broad SMARTS) is 1. The lowest BCUT2D eigenvalue weighted by Crippen LogP contribution is -2.58. The van der Waals surface area contributed by atoms with E-state index in [1.807, 2.05) is 75.4 Å². The minimum atomic E-state index is -1.03. The molecule has 0 saturated carbocycles. The van der Waals surface area contributed by atoms with Crippen LogP contribution in [0.15, 0.2) is 54.6 Å². The van der Waals surface area contributed by atoms with Crippen LogP contribution in [0, 0.1) is 0 Å². The molecule has 0 aliphatic carbocycles. The summed E-state index contributed by atoms with van der Waals surface area (Å²) in [6, 6.07) is 17.1. The number of unbranched alkanes of at least 4 members (excludes halogenated alkanes) is 1. The van der Waals surface area contributed by atoms with Crippen LogP contribution >= 0.6 is 0 Å². The number of nitrogens with one attached hydrogen (secondary N) is 1. The summed E-state index contributed by atoms with van der Waals surface area (Å²) in [5.74, 6) is 0.752. The summed E-state index contributed by atoms with van der Waals surface area (Å²) in [5, 5.41) is 24.1. The zero-order chi connectivity index (χ0) is 23.6. The number of hydrogen-bond acceptors (Lipinski definition) is 4. The van der Waals surface area contributed by atoms with Gasteiger partial charge >= 0.3 is 6.09 Å². The van der Waals surface area contributed by atoms with E-state index in [0.29, 0.717) is 19.6 Å². The standard InChI is InChI=1S/C26H38N2O4/c1-5-6-16-27-18-24(29)23(28(25(30)31)26(2,3)4)17-20-12-14-22(15-13-20)32-19-21-10-8-7-9-11-21/h7-15,23-24,27,29H,5-6,16-19H2,1-4H3,(H,30,31)/t23-,24+/m0/s1. The van der Waals surface area contributed by atoms with Crippen molar-refractivity contribution in [3.05, 3.63) is 65.7 Å². The second kappa shape index (κ2) is 12.5. The van der Waals surface area contributed by atoms with Crippen molar-refractivity contribution in [1.29, 1.82) is 0 Å². The van der Waals surface area contributed by atoms with Crippen LogP contribution < -0.4 is 10.1 Å². The van der Waals surface area contributed by atoms with Crippen LogP contribution in [0.1, 0.15) is 51.7 Å². The molecule has 2 aromatic carbocycles. The van der Waals surface area contributed by atoms with Crippen LogP contribution in [0.5, 0.6) is 5.75 Å². The molecule has 2 rings (SSSR count). The number of aliphatic hydroxyl groups excluding tert-OH is 1. The minimum Gasteiger partial charge on any atom is -0.489 e. The molecule has 0 saturated heterocycles. The Morgan fingerprint density at radius 2 is 1.72 bits per heavy atom. The van der Waals surface area contributed by atoms with Crippen LogP contribution in [-0.4, -0.2) is 52.0 Å². The first kappa shape index (κ1) is 25.7. The van der Waals surface area contributed by atoms with E-state index in [1.54, 1.807) is 0 Å². The summed E-state index contributed by atoms with van der Waals surface area (Å²) in [4.78, 5) is 13.5. The van der Waals surface area contributed by atoms with Gasteiger partial charge in [0.25, 0.3) is 0 Å². The molecule has 3 N–H and O–H groups in total. The molecule has 2 atom stereocenters. The molecule has 0 unspecified atom stereocenters. The number of nitrogens with zero attached hydrogens (tertiary/aromatic N) is 1. The van der Waals surface area contributed by atoms with Gasteiger partial charge in [-0.1, -0.05) is 55.8 Å². The van der Waals surface area contributed by atoms with E-state index in [4.69, 9.17) is 4.74 Å². The number of amides is 1. The van der Waals surface area contributed by atoms with E-state index >= 15 is 0 Å². The van der Waals surface area contributed by atoms with Crippen LogP contribution in [0.2, 0.25) is 0 Å². The molecular formula is C26H38N2O4. The summed E-state index contributed by atoms with van der Waals surface area (Å²) in [6.07, 6.45) is 0.645. The second-order valence-corrected chi connectivity index (χ2v) is 9.14. The van der Waals surface area contributed by atoms with E-state index in [2.05, 4.69) is 12.2 Å². The number of rotatable bonds is 12. The summed E-state index contributed by atoms with van der Waals surface area (Å²) < 4.78 is 5.85. The van der Waals surface area contributed by atoms with Gasteiger partial charge in [-0.05, 0) is 63.4 Å². The molecule has 0 spiro atoms. The Labute approximate surface area is 192 Å². The average molecular weight is 443 g/mol. The third kappa shape index (κ3) is 8.17. The lowest BCUT2D eigenvalue weighted by atomic mass is 9.94. The molecule has 6 heteroatoms. The Hall–Kier alpha value is -2.57. The van der Waals surface area contributed by atoms with Gasteiger partial charge < -0.3 is 20.3 Å². The van der Waals surface area contributed by atoms with Gasteiger partial charge in [0.2, 0.25) is 0 Å². The quantitative estimate of drug-likeness (QED) is 0.415. The Balaban J connectivity index is 2.10. The summed E-state index contributed by atoms with van der Waals surface area (Å²) in [6.45, 7) is 9.31. The van der Waals surface area contributed by atoms with Gasteiger partial charge in [0.05, 0.1) is 12.1 Å². The molecule has 0 bridgehead atoms. The maximum absolute atomic E-state index is 12.1. The van der Waals surface area contributed by atoms with Gasteiger partial charge in [-0.15, -0.1) is 0 Å². The fraction of sp³-hybridized carbons (Fsp3) is 0.500. The van der Waals surface area contributed by atoms with Gasteiger partial charge in [0.15, 0.2) is 0 Å². The van der Waals surface area contributed by atoms with E-state index in [-0.39, 0.29) is 0 Å². The fourth-order valence-corrected chi connectivity index (χ4v) is 3.72. The molecule has 2 aromatic rings. The van der Waals surface area contributed by atoms with Crippen molar-refractivity contribution in [3.63, 3.8) is 0 Å². The Morgan fingerprint density at radius 3 is 2.28 bits per heavy atom. The average Bonchev–Trinajstić information content (AvgIpc) is 2.75. The highest BCUT2D eigenvalue weighted by Gasteiger charge is 2.37. The first-order valence-corrected chi connectivity index (χ1v) is 11.4. The molecule has 32 heavy (non-hydrogen) atoms. The highest BCUT2D eigenvalue weighted by molar-refractivity contribution is 5.66. The van der Waals surface area contributed by atoms with Crippen molar-refractivity contribution < 1.29 is 19.7 Å². The highest BCUT2D eigenvalue weighted by atomic mass is 16.5. The third-order valence-corrected chi connectivity index (χ3v) is 5.38. The smallest absolute Gasteiger partial charge is 0.408 e. The largest absolute Gasteiger partial charge is 0.489 e. The number of hydrogen-bond donors (Lipinski definition) is 3. The Morgan fingerprint density at radius 1 is 1.06 bits per heavy atom. The second-order valence-electron chi connectivity index (χ2n) is 9.14. The lowest BCUT2D eigenvalue weighted by Gasteiger charge is -2.42. The zero-order valence-corrected chi connectivity index (χ0v) is 19.8. The van der Waals surface area contributed by atoms with Crippen molar-refractivity contribution in [2.45, 2.75) is 71.2 Å². The molecule has 0 aliphatic heterocycles. The molecule has 0 fully saturated rings. The van der Waals surface area contributed by atoms with Gasteiger partial charge in [-0.2, -0.15) is 0 Å². The van der Waals surface area contributed by atoms with Crippen molar-refractivity contribution in [2.75, 3.05) is 13.1 Å². The minimum absolute atomic E-state index is 0.350. The number of benzene rings is 2. The molecule has 176 valence electrons. The predicted octanol–water partition coefficient (Wildman–Crippen LogP) is 4.71. The topological polar surface area (TPSA) is 82.0 Å². The molecule has 0 radical (unpaired) electrons. The fourth-order valence-electron chi connectivity index (χ4n) is 3.72. The van der Waals surface area contributed by atoms with Gasteiger partial charge in [0, 0.05) is 12.1 Å². The van der Waals surface area contributed by atoms with E-state index in [1.165, 1.54) is 4.90 Å². The maximum atomic E-state index is 12.1. The lowest BCUT2D eigenvalue weighted by molar-refractivity contribution is 0.00787. The predicted molar refractivity (Wildman–Crippen MR) is 128 cm³/mol. The first-order chi connectivity index (χ1) is 15.2. The van der Waals surface area contributed by atoms with Crippen LogP contribution in [0.4, 0.5) is 4.79 Å². The van der Waals surface area contributed by atoms with Gasteiger partial charge in [0.1, 0.15) is 12.4 Å². The highest BCUT2D eigenvalue weighted by Crippen LogP contribution is 2.24. The van der Waals surface area contributed by atoms with Crippen molar-refractivity contribution in [3.8, 4) is 5.75 Å². The number of aliphatic hydroxyl groups is 1. The zero-order valence-electron chi connectivity index (χ0n) is 19.8. The van der Waals surface area contributed by atoms with E-state index in [9.17, 15) is 15.0 Å². The normalized spacial score (nSPS) is 13.4.